The van der Waals surface area contributed by atoms with Crippen LogP contribution in [0.4, 0.5) is 10.1 Å². The monoisotopic (exact) mass is 219 g/mol. The van der Waals surface area contributed by atoms with Crippen molar-refractivity contribution in [1.29, 1.82) is 0 Å². The summed E-state index contributed by atoms with van der Waals surface area (Å²) in [5, 5.41) is 2.61. The predicted molar refractivity (Wildman–Crippen MR) is 58.9 cm³/mol. The van der Waals surface area contributed by atoms with Crippen LogP contribution in [0.25, 0.3) is 0 Å². The molecule has 82 valence electrons. The van der Waals surface area contributed by atoms with E-state index in [1.165, 1.54) is 0 Å². The van der Waals surface area contributed by atoms with Gasteiger partial charge in [0.1, 0.15) is 11.5 Å². The molecule has 0 aliphatic rings. The molecule has 1 heterocycles. The first-order valence-corrected chi connectivity index (χ1v) is 4.66. The van der Waals surface area contributed by atoms with Crippen molar-refractivity contribution in [2.24, 2.45) is 0 Å². The lowest BCUT2D eigenvalue weighted by atomic mass is 10.3. The van der Waals surface area contributed by atoms with Gasteiger partial charge < -0.3 is 11.2 Å². The Hall–Kier alpha value is -2.30. The Kier molecular flexibility index (Phi) is 2.59. The fraction of sp³-hybridized carbons (Fsp3) is 0. The minimum atomic E-state index is -0.541. The van der Waals surface area contributed by atoms with Crippen LogP contribution in [0.2, 0.25) is 0 Å². The fourth-order valence-electron chi connectivity index (χ4n) is 1.34. The second-order valence-electron chi connectivity index (χ2n) is 3.27. The van der Waals surface area contributed by atoms with Gasteiger partial charge in [0.2, 0.25) is 0 Å². The molecule has 0 radical (unpaired) electrons. The molecule has 0 aliphatic carbocycles. The van der Waals surface area contributed by atoms with Crippen molar-refractivity contribution in [2.45, 2.75) is 0 Å². The molecule has 0 saturated heterocycles. The lowest BCUT2D eigenvalue weighted by molar-refractivity contribution is 0.102. The average Bonchev–Trinajstić information content (AvgIpc) is 2.59. The van der Waals surface area contributed by atoms with E-state index in [0.717, 1.165) is 16.9 Å². The third-order valence-corrected chi connectivity index (χ3v) is 2.08. The molecule has 3 N–H and O–H groups in total. The number of benzene rings is 1. The molecule has 1 aromatic carbocycles. The van der Waals surface area contributed by atoms with E-state index >= 15 is 0 Å². The highest BCUT2D eigenvalue weighted by atomic mass is 19.1. The largest absolute Gasteiger partial charge is 0.339 e. The van der Waals surface area contributed by atoms with Gasteiger partial charge in [-0.3, -0.25) is 9.47 Å². The third-order valence-electron chi connectivity index (χ3n) is 2.08. The van der Waals surface area contributed by atoms with Crippen LogP contribution >= 0.6 is 0 Å². The molecule has 1 amide bonds. The SMILES string of the molecule is Nn1cc(F)cc1C(=O)Nc1ccccc1. The summed E-state index contributed by atoms with van der Waals surface area (Å²) in [6.07, 6.45) is 1.04. The van der Waals surface area contributed by atoms with Crippen LogP contribution in [0.15, 0.2) is 42.6 Å². The number of hydrogen-bond acceptors (Lipinski definition) is 2. The molecule has 0 spiro atoms. The number of amides is 1. The Balaban J connectivity index is 2.18. The van der Waals surface area contributed by atoms with Crippen molar-refractivity contribution in [3.8, 4) is 0 Å². The number of carbonyl (C=O) groups is 1. The molecule has 0 atom stereocenters. The van der Waals surface area contributed by atoms with Gasteiger partial charge >= 0.3 is 0 Å². The highest BCUT2D eigenvalue weighted by molar-refractivity contribution is 6.03. The molecule has 0 saturated carbocycles. The van der Waals surface area contributed by atoms with E-state index in [1.54, 1.807) is 24.3 Å². The summed E-state index contributed by atoms with van der Waals surface area (Å²) in [5.74, 6) is 4.42. The number of carbonyl (C=O) groups excluding carboxylic acids is 1. The predicted octanol–water partition coefficient (Wildman–Crippen LogP) is 1.59. The lowest BCUT2D eigenvalue weighted by Crippen LogP contribution is -2.20. The first-order chi connectivity index (χ1) is 7.66. The first kappa shape index (κ1) is 10.2. The van der Waals surface area contributed by atoms with E-state index in [0.29, 0.717) is 5.69 Å². The number of hydrogen-bond donors (Lipinski definition) is 2. The maximum Gasteiger partial charge on any atom is 0.274 e. The molecule has 4 nitrogen and oxygen atoms in total. The van der Waals surface area contributed by atoms with Gasteiger partial charge in [0.05, 0.1) is 6.20 Å². The molecule has 16 heavy (non-hydrogen) atoms. The van der Waals surface area contributed by atoms with Crippen LogP contribution in [-0.4, -0.2) is 10.6 Å². The normalized spacial score (nSPS) is 10.1. The molecule has 1 aromatic heterocycles. The Labute approximate surface area is 91.5 Å². The molecule has 2 aromatic rings. The van der Waals surface area contributed by atoms with E-state index < -0.39 is 11.7 Å². The van der Waals surface area contributed by atoms with E-state index in [1.807, 2.05) is 6.07 Å². The van der Waals surface area contributed by atoms with Gasteiger partial charge in [-0.1, -0.05) is 18.2 Å². The number of nitrogen functional groups attached to an aromatic ring is 1. The topological polar surface area (TPSA) is 60.0 Å². The standard InChI is InChI=1S/C11H10FN3O/c12-8-6-10(15(13)7-8)11(16)14-9-4-2-1-3-5-9/h1-7H,13H2,(H,14,16). The zero-order valence-corrected chi connectivity index (χ0v) is 8.35. The second-order valence-corrected chi connectivity index (χ2v) is 3.27. The van der Waals surface area contributed by atoms with Crippen molar-refractivity contribution >= 4 is 11.6 Å². The zero-order chi connectivity index (χ0) is 11.5. The number of nitrogens with zero attached hydrogens (tertiary/aromatic N) is 1. The van der Waals surface area contributed by atoms with Crippen molar-refractivity contribution in [3.63, 3.8) is 0 Å². The van der Waals surface area contributed by atoms with Crippen LogP contribution in [0, 0.1) is 5.82 Å². The zero-order valence-electron chi connectivity index (χ0n) is 8.35. The number of nitrogens with one attached hydrogen (secondary N) is 1. The van der Waals surface area contributed by atoms with Crippen molar-refractivity contribution < 1.29 is 9.18 Å². The molecule has 5 heteroatoms. The highest BCUT2D eigenvalue weighted by Gasteiger charge is 2.12. The number of rotatable bonds is 2. The first-order valence-electron chi connectivity index (χ1n) is 4.66. The molecular weight excluding hydrogens is 209 g/mol. The minimum Gasteiger partial charge on any atom is -0.339 e. The van der Waals surface area contributed by atoms with Crippen LogP contribution in [0.3, 0.4) is 0 Å². The lowest BCUT2D eigenvalue weighted by Gasteiger charge is -2.04. The van der Waals surface area contributed by atoms with Crippen molar-refractivity contribution in [1.82, 2.24) is 4.68 Å². The molecule has 0 unspecified atom stereocenters. The van der Waals surface area contributed by atoms with Crippen LogP contribution in [-0.2, 0) is 0 Å². The third kappa shape index (κ3) is 2.03. The highest BCUT2D eigenvalue weighted by Crippen LogP contribution is 2.09. The molecule has 0 bridgehead atoms. The number of anilines is 1. The molecule has 0 fully saturated rings. The number of para-hydroxylation sites is 1. The molecular formula is C11H10FN3O. The van der Waals surface area contributed by atoms with Crippen molar-refractivity contribution in [2.75, 3.05) is 11.2 Å². The molecule has 2 rings (SSSR count). The maximum atomic E-state index is 12.8. The smallest absolute Gasteiger partial charge is 0.274 e. The summed E-state index contributed by atoms with van der Waals surface area (Å²) in [6, 6.07) is 9.96. The van der Waals surface area contributed by atoms with E-state index in [2.05, 4.69) is 5.32 Å². The molecule has 0 aliphatic heterocycles. The second kappa shape index (κ2) is 4.06. The summed E-state index contributed by atoms with van der Waals surface area (Å²) in [5.41, 5.74) is 0.704. The number of halogens is 1. The van der Waals surface area contributed by atoms with Gasteiger partial charge in [-0.2, -0.15) is 0 Å². The quantitative estimate of drug-likeness (QED) is 0.753. The van der Waals surface area contributed by atoms with Gasteiger partial charge in [-0.25, -0.2) is 4.39 Å². The van der Waals surface area contributed by atoms with Gasteiger partial charge in [0, 0.05) is 11.8 Å². The minimum absolute atomic E-state index is 0.0707. The Morgan fingerprint density at radius 3 is 2.56 bits per heavy atom. The van der Waals surface area contributed by atoms with E-state index in [9.17, 15) is 9.18 Å². The Bertz CT molecular complexity index is 507. The Morgan fingerprint density at radius 1 is 1.31 bits per heavy atom. The summed E-state index contributed by atoms with van der Waals surface area (Å²) >= 11 is 0. The van der Waals surface area contributed by atoms with E-state index in [-0.39, 0.29) is 5.69 Å². The van der Waals surface area contributed by atoms with Crippen LogP contribution < -0.4 is 11.2 Å². The average molecular weight is 219 g/mol. The fourth-order valence-corrected chi connectivity index (χ4v) is 1.34. The summed E-state index contributed by atoms with van der Waals surface area (Å²) in [4.78, 5) is 11.7. The van der Waals surface area contributed by atoms with E-state index in [4.69, 9.17) is 5.84 Å². The summed E-state index contributed by atoms with van der Waals surface area (Å²) < 4.78 is 13.8. The number of aromatic nitrogens is 1. The van der Waals surface area contributed by atoms with Gasteiger partial charge in [0.25, 0.3) is 5.91 Å². The van der Waals surface area contributed by atoms with Crippen LogP contribution in [0.5, 0.6) is 0 Å². The maximum absolute atomic E-state index is 12.8. The number of nitrogens with two attached hydrogens (primary N) is 1. The van der Waals surface area contributed by atoms with Gasteiger partial charge in [-0.05, 0) is 12.1 Å². The van der Waals surface area contributed by atoms with Crippen molar-refractivity contribution in [3.05, 3.63) is 54.1 Å². The summed E-state index contributed by atoms with van der Waals surface area (Å²) in [6.45, 7) is 0. The van der Waals surface area contributed by atoms with Gasteiger partial charge in [0.15, 0.2) is 0 Å². The van der Waals surface area contributed by atoms with Crippen LogP contribution in [0.1, 0.15) is 10.5 Å². The van der Waals surface area contributed by atoms with Gasteiger partial charge in [-0.15, -0.1) is 0 Å². The summed E-state index contributed by atoms with van der Waals surface area (Å²) in [7, 11) is 0. The Morgan fingerprint density at radius 2 is 2.00 bits per heavy atom.